The predicted octanol–water partition coefficient (Wildman–Crippen LogP) is 5.50. The van der Waals surface area contributed by atoms with Crippen LogP contribution >= 0.6 is 0 Å². The quantitative estimate of drug-likeness (QED) is 0.557. The van der Waals surface area contributed by atoms with Gasteiger partial charge in [-0.05, 0) is 83.1 Å². The van der Waals surface area contributed by atoms with E-state index in [1.165, 1.54) is 53.9 Å². The first-order valence-electron chi connectivity index (χ1n) is 12.7. The lowest BCUT2D eigenvalue weighted by Crippen LogP contribution is -2.53. The molecule has 1 aromatic rings. The molecule has 0 aromatic heterocycles. The lowest BCUT2D eigenvalue weighted by molar-refractivity contribution is -0.200. The van der Waals surface area contributed by atoms with E-state index >= 15 is 0 Å². The second kappa shape index (κ2) is 10.4. The van der Waals surface area contributed by atoms with E-state index in [1.807, 2.05) is 0 Å². The molecule has 1 aromatic carbocycles. The van der Waals surface area contributed by atoms with E-state index in [-0.39, 0.29) is 5.54 Å². The van der Waals surface area contributed by atoms with Crippen LogP contribution in [-0.2, 0) is 17.8 Å². The third-order valence-electron chi connectivity index (χ3n) is 8.00. The minimum absolute atomic E-state index is 0.0136. The summed E-state index contributed by atoms with van der Waals surface area (Å²) in [6.07, 6.45) is 0.137. The van der Waals surface area contributed by atoms with Gasteiger partial charge in [0, 0.05) is 31.7 Å². The van der Waals surface area contributed by atoms with Gasteiger partial charge in [0.1, 0.15) is 0 Å². The summed E-state index contributed by atoms with van der Waals surface area (Å²) in [5.74, 6) is 0. The number of likely N-dealkylation sites (tertiary alicyclic amines) is 3. The number of hydrogen-bond donors (Lipinski definition) is 0. The van der Waals surface area contributed by atoms with Crippen LogP contribution in [0.15, 0.2) is 18.2 Å². The Balaban J connectivity index is 1.39. The lowest BCUT2D eigenvalue weighted by Gasteiger charge is -2.45. The van der Waals surface area contributed by atoms with Crippen LogP contribution in [0.2, 0.25) is 0 Å². The van der Waals surface area contributed by atoms with Crippen molar-refractivity contribution in [1.29, 1.82) is 0 Å². The zero-order valence-corrected chi connectivity index (χ0v) is 20.5. The Hall–Kier alpha value is -1.80. The molecule has 3 heterocycles. The molecule has 1 spiro atoms. The topological polar surface area (TPSA) is 36.0 Å². The fourth-order valence-corrected chi connectivity index (χ4v) is 5.83. The van der Waals surface area contributed by atoms with Crippen LogP contribution in [0.25, 0.3) is 0 Å². The zero-order chi connectivity index (χ0) is 24.3. The van der Waals surface area contributed by atoms with Crippen molar-refractivity contribution >= 4 is 6.09 Å². The number of aryl methyl sites for hydroxylation is 1. The molecule has 8 heteroatoms. The van der Waals surface area contributed by atoms with Crippen molar-refractivity contribution in [2.24, 2.45) is 0 Å². The van der Waals surface area contributed by atoms with E-state index in [0.717, 1.165) is 52.2 Å². The van der Waals surface area contributed by atoms with E-state index in [9.17, 15) is 18.0 Å². The number of hydrogen-bond acceptors (Lipinski definition) is 4. The molecule has 0 bridgehead atoms. The van der Waals surface area contributed by atoms with Gasteiger partial charge in [0.15, 0.2) is 6.10 Å². The first kappa shape index (κ1) is 25.3. The number of halogens is 3. The third-order valence-corrected chi connectivity index (χ3v) is 8.00. The maximum atomic E-state index is 12.8. The standard InChI is InChI=1S/C26H38F3N3O2/c1-20-7-8-22(23(17-20)18-30-12-4-3-5-13-30)19-32-14-6-9-25(32)10-15-31(16-11-25)24(33)34-21(2)26(27,28)29/h7-8,17,21H,3-6,9-16,18-19H2,1-2H3. The summed E-state index contributed by atoms with van der Waals surface area (Å²) in [6.45, 7) is 9.14. The van der Waals surface area contributed by atoms with Gasteiger partial charge >= 0.3 is 12.3 Å². The van der Waals surface area contributed by atoms with Gasteiger partial charge in [-0.3, -0.25) is 9.80 Å². The molecule has 1 amide bonds. The summed E-state index contributed by atoms with van der Waals surface area (Å²) in [5.41, 5.74) is 4.08. The first-order chi connectivity index (χ1) is 16.2. The van der Waals surface area contributed by atoms with Crippen LogP contribution in [-0.4, -0.2) is 71.3 Å². The van der Waals surface area contributed by atoms with Crippen LogP contribution in [0.5, 0.6) is 0 Å². The Morgan fingerprint density at radius 3 is 2.35 bits per heavy atom. The number of carbonyl (C=O) groups is 1. The maximum Gasteiger partial charge on any atom is 0.425 e. The van der Waals surface area contributed by atoms with Gasteiger partial charge in [-0.15, -0.1) is 0 Å². The molecule has 0 radical (unpaired) electrons. The Bertz CT molecular complexity index is 846. The van der Waals surface area contributed by atoms with Gasteiger partial charge in [-0.1, -0.05) is 30.2 Å². The molecular formula is C26H38F3N3O2. The van der Waals surface area contributed by atoms with E-state index in [1.54, 1.807) is 0 Å². The average Bonchev–Trinajstić information content (AvgIpc) is 3.17. The molecule has 1 unspecified atom stereocenters. The van der Waals surface area contributed by atoms with Crippen LogP contribution in [0, 0.1) is 6.92 Å². The Morgan fingerprint density at radius 2 is 1.68 bits per heavy atom. The number of rotatable bonds is 5. The van der Waals surface area contributed by atoms with Gasteiger partial charge in [-0.2, -0.15) is 13.2 Å². The number of ether oxygens (including phenoxy) is 1. The Kier molecular flexibility index (Phi) is 7.77. The summed E-state index contributed by atoms with van der Waals surface area (Å²) < 4.78 is 43.0. The Labute approximate surface area is 201 Å². The number of amides is 1. The second-order valence-electron chi connectivity index (χ2n) is 10.4. The van der Waals surface area contributed by atoms with Crippen LogP contribution in [0.3, 0.4) is 0 Å². The van der Waals surface area contributed by atoms with Crippen molar-refractivity contribution in [2.45, 2.75) is 89.7 Å². The SMILES string of the molecule is Cc1ccc(CN2CCCC23CCN(C(=O)OC(C)C(F)(F)F)CC3)c(CN2CCCCC2)c1. The largest absolute Gasteiger partial charge is 0.437 e. The molecule has 0 aliphatic carbocycles. The molecule has 34 heavy (non-hydrogen) atoms. The first-order valence-corrected chi connectivity index (χ1v) is 12.7. The minimum Gasteiger partial charge on any atom is -0.437 e. The molecule has 3 aliphatic heterocycles. The van der Waals surface area contributed by atoms with Crippen molar-refractivity contribution < 1.29 is 22.7 Å². The summed E-state index contributed by atoms with van der Waals surface area (Å²) in [7, 11) is 0. The summed E-state index contributed by atoms with van der Waals surface area (Å²) >= 11 is 0. The van der Waals surface area contributed by atoms with Crippen LogP contribution < -0.4 is 0 Å². The number of nitrogens with zero attached hydrogens (tertiary/aromatic N) is 3. The van der Waals surface area contributed by atoms with E-state index in [4.69, 9.17) is 0 Å². The highest BCUT2D eigenvalue weighted by Crippen LogP contribution is 2.40. The monoisotopic (exact) mass is 481 g/mol. The molecular weight excluding hydrogens is 443 g/mol. The number of carbonyl (C=O) groups excluding carboxylic acids is 1. The molecule has 3 fully saturated rings. The highest BCUT2D eigenvalue weighted by atomic mass is 19.4. The zero-order valence-electron chi connectivity index (χ0n) is 20.5. The lowest BCUT2D eigenvalue weighted by atomic mass is 9.84. The van der Waals surface area contributed by atoms with E-state index in [2.05, 4.69) is 39.7 Å². The van der Waals surface area contributed by atoms with E-state index in [0.29, 0.717) is 13.1 Å². The van der Waals surface area contributed by atoms with Gasteiger partial charge in [0.05, 0.1) is 0 Å². The van der Waals surface area contributed by atoms with E-state index < -0.39 is 18.4 Å². The molecule has 4 rings (SSSR count). The minimum atomic E-state index is -4.53. The fraction of sp³-hybridized carbons (Fsp3) is 0.731. The maximum absolute atomic E-state index is 12.8. The van der Waals surface area contributed by atoms with Gasteiger partial charge in [-0.25, -0.2) is 4.79 Å². The molecule has 3 saturated heterocycles. The molecule has 0 saturated carbocycles. The number of benzene rings is 1. The van der Waals surface area contributed by atoms with Crippen LogP contribution in [0.4, 0.5) is 18.0 Å². The van der Waals surface area contributed by atoms with Crippen molar-refractivity contribution in [3.8, 4) is 0 Å². The highest BCUT2D eigenvalue weighted by molar-refractivity contribution is 5.68. The third kappa shape index (κ3) is 5.88. The summed E-state index contributed by atoms with van der Waals surface area (Å²) in [4.78, 5) is 18.9. The fourth-order valence-electron chi connectivity index (χ4n) is 5.83. The van der Waals surface area contributed by atoms with Gasteiger partial charge < -0.3 is 9.64 Å². The molecule has 0 N–H and O–H groups in total. The molecule has 190 valence electrons. The van der Waals surface area contributed by atoms with Crippen molar-refractivity contribution in [3.05, 3.63) is 34.9 Å². The number of piperidine rings is 2. The van der Waals surface area contributed by atoms with Crippen molar-refractivity contribution in [2.75, 3.05) is 32.7 Å². The summed E-state index contributed by atoms with van der Waals surface area (Å²) in [5, 5.41) is 0. The Morgan fingerprint density at radius 1 is 0.971 bits per heavy atom. The summed E-state index contributed by atoms with van der Waals surface area (Å²) in [6, 6.07) is 6.79. The average molecular weight is 482 g/mol. The highest BCUT2D eigenvalue weighted by Gasteiger charge is 2.45. The molecule has 3 aliphatic rings. The van der Waals surface area contributed by atoms with Crippen molar-refractivity contribution in [3.63, 3.8) is 0 Å². The van der Waals surface area contributed by atoms with Gasteiger partial charge in [0.25, 0.3) is 0 Å². The molecule has 5 nitrogen and oxygen atoms in total. The number of alkyl halides is 3. The second-order valence-corrected chi connectivity index (χ2v) is 10.4. The van der Waals surface area contributed by atoms with Gasteiger partial charge in [0.2, 0.25) is 0 Å². The van der Waals surface area contributed by atoms with Crippen molar-refractivity contribution in [1.82, 2.24) is 14.7 Å². The molecule has 1 atom stereocenters. The smallest absolute Gasteiger partial charge is 0.425 e. The normalized spacial score (nSPS) is 22.8. The predicted molar refractivity (Wildman–Crippen MR) is 125 cm³/mol. The van der Waals surface area contributed by atoms with Crippen LogP contribution in [0.1, 0.15) is 68.6 Å².